The summed E-state index contributed by atoms with van der Waals surface area (Å²) in [6.07, 6.45) is 14.6. The molecule has 0 atom stereocenters. The van der Waals surface area contributed by atoms with E-state index in [0.717, 1.165) is 52.8 Å². The molecule has 0 spiro atoms. The number of rotatable bonds is 7. The number of aromatic nitrogens is 3. The lowest BCUT2D eigenvalue weighted by atomic mass is 9.75. The molecule has 0 bridgehead atoms. The molecule has 2 fully saturated rings. The molecule has 7 rings (SSSR count). The molecule has 1 amide bonds. The molecule has 7 heteroatoms. The maximum atomic E-state index is 13.9. The minimum absolute atomic E-state index is 0.00827. The molecule has 2 saturated carbocycles. The molecule has 0 saturated heterocycles. The molecule has 0 aliphatic heterocycles. The fourth-order valence-electron chi connectivity index (χ4n) is 7.17. The highest BCUT2D eigenvalue weighted by molar-refractivity contribution is 6.01. The zero-order chi connectivity index (χ0) is 29.0. The molecule has 0 radical (unpaired) electrons. The number of benzene rings is 2. The largest absolute Gasteiger partial charge is 0.472 e. The van der Waals surface area contributed by atoms with Gasteiger partial charge in [0.15, 0.2) is 5.78 Å². The highest BCUT2D eigenvalue weighted by Gasteiger charge is 2.44. The molecule has 2 aromatic carbocycles. The summed E-state index contributed by atoms with van der Waals surface area (Å²) >= 11 is 0. The van der Waals surface area contributed by atoms with Crippen molar-refractivity contribution in [2.45, 2.75) is 63.3 Å². The van der Waals surface area contributed by atoms with Crippen molar-refractivity contribution in [2.75, 3.05) is 0 Å². The van der Waals surface area contributed by atoms with Gasteiger partial charge in [-0.2, -0.15) is 0 Å². The summed E-state index contributed by atoms with van der Waals surface area (Å²) in [4.78, 5) is 30.3. The van der Waals surface area contributed by atoms with Crippen molar-refractivity contribution in [3.8, 4) is 11.3 Å². The molecule has 214 valence electrons. The van der Waals surface area contributed by atoms with Crippen LogP contribution in [0.1, 0.15) is 85.1 Å². The smallest absolute Gasteiger partial charge is 0.252 e. The van der Waals surface area contributed by atoms with Crippen LogP contribution in [0.15, 0.2) is 65.5 Å². The van der Waals surface area contributed by atoms with E-state index in [-0.39, 0.29) is 11.7 Å². The fraction of sp³-hybridized carbons (Fsp3) is 0.343. The van der Waals surface area contributed by atoms with Crippen molar-refractivity contribution in [3.63, 3.8) is 0 Å². The lowest BCUT2D eigenvalue weighted by Gasteiger charge is -2.41. The van der Waals surface area contributed by atoms with Crippen LogP contribution in [0, 0.1) is 0 Å². The minimum Gasteiger partial charge on any atom is -0.472 e. The van der Waals surface area contributed by atoms with E-state index < -0.39 is 5.54 Å². The highest BCUT2D eigenvalue weighted by atomic mass is 16.3. The van der Waals surface area contributed by atoms with Crippen molar-refractivity contribution in [2.24, 2.45) is 14.1 Å². The molecule has 3 heterocycles. The summed E-state index contributed by atoms with van der Waals surface area (Å²) < 4.78 is 9.80. The highest BCUT2D eigenvalue weighted by Crippen LogP contribution is 2.45. The summed E-state index contributed by atoms with van der Waals surface area (Å²) in [5.74, 6) is 1.32. The first-order chi connectivity index (χ1) is 20.3. The van der Waals surface area contributed by atoms with Gasteiger partial charge in [-0.15, -0.1) is 0 Å². The predicted molar refractivity (Wildman–Crippen MR) is 165 cm³/mol. The van der Waals surface area contributed by atoms with Crippen LogP contribution in [0.4, 0.5) is 0 Å². The maximum Gasteiger partial charge on any atom is 0.252 e. The molecular formula is C35H36N4O3. The van der Waals surface area contributed by atoms with Crippen LogP contribution in [0.3, 0.4) is 0 Å². The number of hydrogen-bond acceptors (Lipinski definition) is 4. The number of imidazole rings is 1. The lowest BCUT2D eigenvalue weighted by molar-refractivity contribution is -0.112. The van der Waals surface area contributed by atoms with Gasteiger partial charge in [-0.1, -0.05) is 31.1 Å². The number of hydrogen-bond donors (Lipinski definition) is 1. The number of aryl methyl sites for hydroxylation is 2. The van der Waals surface area contributed by atoms with Gasteiger partial charge in [0.25, 0.3) is 5.91 Å². The van der Waals surface area contributed by atoms with Gasteiger partial charge >= 0.3 is 0 Å². The first-order valence-corrected chi connectivity index (χ1v) is 15.0. The van der Waals surface area contributed by atoms with Gasteiger partial charge in [0.05, 0.1) is 34.8 Å². The number of carbonyl (C=O) groups excluding carboxylic acids is 2. The Morgan fingerprint density at radius 3 is 2.50 bits per heavy atom. The Labute approximate surface area is 245 Å². The third kappa shape index (κ3) is 4.30. The molecule has 5 aromatic rings. The summed E-state index contributed by atoms with van der Waals surface area (Å²) in [7, 11) is 4.11. The molecule has 7 nitrogen and oxygen atoms in total. The Bertz CT molecular complexity index is 1860. The van der Waals surface area contributed by atoms with E-state index in [1.807, 2.05) is 55.8 Å². The van der Waals surface area contributed by atoms with E-state index >= 15 is 0 Å². The van der Waals surface area contributed by atoms with Gasteiger partial charge < -0.3 is 18.9 Å². The Morgan fingerprint density at radius 1 is 1.00 bits per heavy atom. The summed E-state index contributed by atoms with van der Waals surface area (Å²) in [6.45, 7) is 1.54. The van der Waals surface area contributed by atoms with E-state index in [2.05, 4.69) is 27.6 Å². The lowest BCUT2D eigenvalue weighted by Crippen LogP contribution is -2.52. The summed E-state index contributed by atoms with van der Waals surface area (Å²) in [5, 5.41) is 4.62. The number of furan rings is 1. The van der Waals surface area contributed by atoms with Crippen LogP contribution in [0.25, 0.3) is 39.3 Å². The molecule has 2 aliphatic carbocycles. The van der Waals surface area contributed by atoms with Crippen molar-refractivity contribution in [3.05, 3.63) is 83.6 Å². The second-order valence-corrected chi connectivity index (χ2v) is 12.1. The average Bonchev–Trinajstić information content (AvgIpc) is 3.77. The van der Waals surface area contributed by atoms with E-state index in [4.69, 9.17) is 9.40 Å². The number of nitrogens with one attached hydrogen (secondary N) is 1. The molecule has 1 N–H and O–H groups in total. The number of amides is 1. The van der Waals surface area contributed by atoms with Crippen LogP contribution in [-0.2, 0) is 24.4 Å². The van der Waals surface area contributed by atoms with Gasteiger partial charge in [0.1, 0.15) is 5.82 Å². The number of nitrogens with zero attached hydrogens (tertiary/aromatic N) is 3. The predicted octanol–water partition coefficient (Wildman–Crippen LogP) is 7.39. The Balaban J connectivity index is 1.24. The Morgan fingerprint density at radius 2 is 1.81 bits per heavy atom. The van der Waals surface area contributed by atoms with E-state index in [1.54, 1.807) is 19.3 Å². The van der Waals surface area contributed by atoms with E-state index in [9.17, 15) is 9.59 Å². The molecule has 2 aliphatic rings. The summed E-state index contributed by atoms with van der Waals surface area (Å²) in [5.41, 5.74) is 7.65. The number of carbonyl (C=O) groups is 2. The first kappa shape index (κ1) is 26.5. The maximum absolute atomic E-state index is 13.9. The van der Waals surface area contributed by atoms with Crippen LogP contribution in [0.5, 0.6) is 0 Å². The molecule has 0 unspecified atom stereocenters. The van der Waals surface area contributed by atoms with Crippen LogP contribution < -0.4 is 5.32 Å². The zero-order valence-corrected chi connectivity index (χ0v) is 24.4. The molecular weight excluding hydrogens is 524 g/mol. The van der Waals surface area contributed by atoms with Gasteiger partial charge in [-0.3, -0.25) is 9.59 Å². The van der Waals surface area contributed by atoms with Crippen LogP contribution >= 0.6 is 0 Å². The van der Waals surface area contributed by atoms with Crippen LogP contribution in [0.2, 0.25) is 0 Å². The number of ketones is 1. The monoisotopic (exact) mass is 560 g/mol. The van der Waals surface area contributed by atoms with Gasteiger partial charge in [-0.05, 0) is 92.5 Å². The zero-order valence-electron chi connectivity index (χ0n) is 24.4. The minimum atomic E-state index is -0.514. The quantitative estimate of drug-likeness (QED) is 0.210. The normalized spacial score (nSPS) is 16.9. The third-order valence-corrected chi connectivity index (χ3v) is 9.46. The second-order valence-electron chi connectivity index (χ2n) is 12.1. The summed E-state index contributed by atoms with van der Waals surface area (Å²) in [6, 6.07) is 14.2. The molecule has 3 aromatic heterocycles. The van der Waals surface area contributed by atoms with Crippen molar-refractivity contribution < 1.29 is 14.0 Å². The molecule has 42 heavy (non-hydrogen) atoms. The van der Waals surface area contributed by atoms with E-state index in [0.29, 0.717) is 11.5 Å². The number of fused-ring (bicyclic) bond motifs is 2. The topological polar surface area (TPSA) is 82.1 Å². The Kier molecular flexibility index (Phi) is 6.41. The Hall–Kier alpha value is -4.39. The SMILES string of the molecule is CC(=O)/C=C/c1ccc2c(c1)nc(C1(NC(=O)c3ccc4c(C5CCCC5)c(-c5ccoc5)n(C)c4c3)CCC1)n2C. The second kappa shape index (κ2) is 10.2. The van der Waals surface area contributed by atoms with Gasteiger partial charge in [0.2, 0.25) is 0 Å². The van der Waals surface area contributed by atoms with Gasteiger partial charge in [0, 0.05) is 36.1 Å². The van der Waals surface area contributed by atoms with Crippen molar-refractivity contribution >= 4 is 39.7 Å². The third-order valence-electron chi connectivity index (χ3n) is 9.46. The van der Waals surface area contributed by atoms with Crippen molar-refractivity contribution in [1.82, 2.24) is 19.4 Å². The average molecular weight is 561 g/mol. The fourth-order valence-corrected chi connectivity index (χ4v) is 7.17. The first-order valence-electron chi connectivity index (χ1n) is 15.0. The van der Waals surface area contributed by atoms with Gasteiger partial charge in [-0.25, -0.2) is 4.98 Å². The number of allylic oxidation sites excluding steroid dienone is 1. The standard InChI is InChI=1S/C35H36N4O3/c1-22(40)9-10-23-11-14-29-28(19-23)36-34(39(29)3)35(16-6-17-35)37-33(41)25-12-13-27-30(20-25)38(2)32(26-15-18-42-21-26)31(27)24-7-4-5-8-24/h9-15,18-21,24H,4-8,16-17H2,1-3H3,(H,37,41)/b10-9+. The van der Waals surface area contributed by atoms with Crippen molar-refractivity contribution in [1.29, 1.82) is 0 Å². The van der Waals surface area contributed by atoms with E-state index in [1.165, 1.54) is 42.3 Å². The van der Waals surface area contributed by atoms with Crippen LogP contribution in [-0.4, -0.2) is 25.8 Å².